The van der Waals surface area contributed by atoms with Gasteiger partial charge in [-0.05, 0) is 13.0 Å². The van der Waals surface area contributed by atoms with Crippen molar-refractivity contribution in [3.8, 4) is 0 Å². The van der Waals surface area contributed by atoms with Crippen molar-refractivity contribution < 1.29 is 14.0 Å². The zero-order valence-electron chi connectivity index (χ0n) is 9.74. The predicted octanol–water partition coefficient (Wildman–Crippen LogP) is 2.10. The second kappa shape index (κ2) is 4.88. The van der Waals surface area contributed by atoms with Gasteiger partial charge in [-0.3, -0.25) is 4.84 Å². The Balaban J connectivity index is 2.14. The van der Waals surface area contributed by atoms with Gasteiger partial charge in [0.05, 0.1) is 13.7 Å². The second-order valence-electron chi connectivity index (χ2n) is 3.64. The number of fused-ring (bicyclic) bond motifs is 1. The fourth-order valence-corrected chi connectivity index (χ4v) is 1.68. The van der Waals surface area contributed by atoms with Crippen molar-refractivity contribution in [2.24, 2.45) is 0 Å². The quantitative estimate of drug-likeness (QED) is 0.799. The lowest BCUT2D eigenvalue weighted by molar-refractivity contribution is 0.107. The van der Waals surface area contributed by atoms with Crippen LogP contribution in [0.2, 0.25) is 0 Å². The summed E-state index contributed by atoms with van der Waals surface area (Å²) in [5, 5.41) is 3.70. The lowest BCUT2D eigenvalue weighted by atomic mass is 10.1. The van der Waals surface area contributed by atoms with E-state index in [0.717, 1.165) is 22.3 Å². The Morgan fingerprint density at radius 2 is 2.18 bits per heavy atom. The molecule has 0 spiro atoms. The van der Waals surface area contributed by atoms with Crippen LogP contribution in [-0.4, -0.2) is 13.1 Å². The first-order chi connectivity index (χ1) is 8.22. The molecule has 1 aromatic carbocycles. The van der Waals surface area contributed by atoms with E-state index in [1.165, 1.54) is 7.11 Å². The highest BCUT2D eigenvalue weighted by atomic mass is 16.6. The monoisotopic (exact) mass is 234 g/mol. The molecule has 0 saturated heterocycles. The van der Waals surface area contributed by atoms with Gasteiger partial charge in [-0.25, -0.2) is 10.3 Å². The molecule has 0 bridgehead atoms. The highest BCUT2D eigenvalue weighted by Crippen LogP contribution is 2.24. The van der Waals surface area contributed by atoms with Crippen LogP contribution in [0.1, 0.15) is 11.3 Å². The molecule has 0 radical (unpaired) electrons. The first kappa shape index (κ1) is 11.5. The van der Waals surface area contributed by atoms with E-state index in [9.17, 15) is 4.79 Å². The van der Waals surface area contributed by atoms with Crippen LogP contribution in [0, 0.1) is 6.92 Å². The van der Waals surface area contributed by atoms with E-state index in [2.05, 4.69) is 15.6 Å². The molecule has 2 rings (SSSR count). The van der Waals surface area contributed by atoms with E-state index in [-0.39, 0.29) is 0 Å². The maximum atomic E-state index is 11.2. The third kappa shape index (κ3) is 2.39. The molecular weight excluding hydrogens is 220 g/mol. The average molecular weight is 234 g/mol. The van der Waals surface area contributed by atoms with Crippen molar-refractivity contribution in [1.29, 1.82) is 0 Å². The first-order valence-corrected chi connectivity index (χ1v) is 5.26. The average Bonchev–Trinajstić information content (AvgIpc) is 2.65. The van der Waals surface area contributed by atoms with Crippen molar-refractivity contribution in [2.75, 3.05) is 7.11 Å². The Labute approximate surface area is 98.7 Å². The van der Waals surface area contributed by atoms with Gasteiger partial charge in [-0.15, -0.1) is 0 Å². The highest BCUT2D eigenvalue weighted by molar-refractivity contribution is 5.82. The lowest BCUT2D eigenvalue weighted by Gasteiger charge is -2.03. The number of aryl methyl sites for hydroxylation is 1. The lowest BCUT2D eigenvalue weighted by Crippen LogP contribution is -2.34. The third-order valence-corrected chi connectivity index (χ3v) is 2.55. The summed E-state index contributed by atoms with van der Waals surface area (Å²) in [4.78, 5) is 15.6. The summed E-state index contributed by atoms with van der Waals surface area (Å²) in [6, 6.07) is 7.38. The molecule has 5 nitrogen and oxygen atoms in total. The summed E-state index contributed by atoms with van der Waals surface area (Å²) in [6.45, 7) is 2.30. The minimum absolute atomic E-state index is 0.329. The molecule has 2 N–H and O–H groups in total. The minimum atomic E-state index is -0.396. The van der Waals surface area contributed by atoms with Crippen LogP contribution in [-0.2, 0) is 11.4 Å². The predicted molar refractivity (Wildman–Crippen MR) is 63.3 cm³/mol. The van der Waals surface area contributed by atoms with Gasteiger partial charge in [0.25, 0.3) is 0 Å². The van der Waals surface area contributed by atoms with Crippen LogP contribution in [0.4, 0.5) is 4.79 Å². The molecule has 17 heavy (non-hydrogen) atoms. The second-order valence-corrected chi connectivity index (χ2v) is 3.64. The van der Waals surface area contributed by atoms with Gasteiger partial charge < -0.3 is 9.73 Å². The molecule has 2 aromatic rings. The Kier molecular flexibility index (Phi) is 3.30. The van der Waals surface area contributed by atoms with Crippen LogP contribution in [0.15, 0.2) is 28.7 Å². The van der Waals surface area contributed by atoms with Crippen LogP contribution in [0.3, 0.4) is 0 Å². The number of carbonyl (C=O) groups is 1. The zero-order valence-corrected chi connectivity index (χ0v) is 9.74. The smallest absolute Gasteiger partial charge is 0.339 e. The molecule has 90 valence electrons. The molecule has 0 aliphatic carbocycles. The number of carbonyl (C=O) groups excluding carboxylic acids is 1. The number of hydrogen-bond donors (Lipinski definition) is 2. The summed E-state index contributed by atoms with van der Waals surface area (Å²) in [7, 11) is 1.38. The molecule has 1 aromatic heterocycles. The largest absolute Gasteiger partial charge is 0.459 e. The van der Waals surface area contributed by atoms with Gasteiger partial charge in [-0.1, -0.05) is 18.2 Å². The Morgan fingerprint density at radius 3 is 2.88 bits per heavy atom. The molecule has 0 aliphatic rings. The van der Waals surface area contributed by atoms with Gasteiger partial charge in [0.15, 0.2) is 0 Å². The Morgan fingerprint density at radius 1 is 1.41 bits per heavy atom. The summed E-state index contributed by atoms with van der Waals surface area (Å²) in [6.07, 6.45) is 0. The topological polar surface area (TPSA) is 63.5 Å². The SMILES string of the molecule is CONC(=O)NCc1oc2ccccc2c1C. The standard InChI is InChI=1S/C12H14N2O3/c1-8-9-5-3-4-6-10(9)17-11(8)7-13-12(15)14-16-2/h3-6H,7H2,1-2H3,(H2,13,14,15). The molecule has 0 saturated carbocycles. The number of rotatable bonds is 3. The Bertz CT molecular complexity index is 534. The molecule has 1 heterocycles. The fraction of sp³-hybridized carbons (Fsp3) is 0.250. The maximum Gasteiger partial charge on any atom is 0.339 e. The molecule has 0 fully saturated rings. The Hall–Kier alpha value is -2.01. The number of hydroxylamine groups is 1. The molecule has 0 atom stereocenters. The van der Waals surface area contributed by atoms with Gasteiger partial charge in [0.2, 0.25) is 0 Å². The summed E-state index contributed by atoms with van der Waals surface area (Å²) < 4.78 is 5.64. The van der Waals surface area contributed by atoms with Gasteiger partial charge in [0, 0.05) is 10.9 Å². The van der Waals surface area contributed by atoms with Crippen molar-refractivity contribution in [3.63, 3.8) is 0 Å². The van der Waals surface area contributed by atoms with Crippen LogP contribution in [0.25, 0.3) is 11.0 Å². The summed E-state index contributed by atoms with van der Waals surface area (Å²) >= 11 is 0. The molecule has 0 aliphatic heterocycles. The number of para-hydroxylation sites is 1. The molecular formula is C12H14N2O3. The summed E-state index contributed by atoms with van der Waals surface area (Å²) in [5.41, 5.74) is 4.05. The van der Waals surface area contributed by atoms with Crippen LogP contribution in [0.5, 0.6) is 0 Å². The van der Waals surface area contributed by atoms with Gasteiger partial charge >= 0.3 is 6.03 Å². The summed E-state index contributed by atoms with van der Waals surface area (Å²) in [5.74, 6) is 0.748. The van der Waals surface area contributed by atoms with Crippen molar-refractivity contribution in [3.05, 3.63) is 35.6 Å². The number of furan rings is 1. The molecule has 5 heteroatoms. The molecule has 0 unspecified atom stereocenters. The first-order valence-electron chi connectivity index (χ1n) is 5.26. The number of benzene rings is 1. The van der Waals surface area contributed by atoms with Gasteiger partial charge in [-0.2, -0.15) is 0 Å². The van der Waals surface area contributed by atoms with Crippen LogP contribution >= 0.6 is 0 Å². The van der Waals surface area contributed by atoms with Crippen molar-refractivity contribution >= 4 is 17.0 Å². The van der Waals surface area contributed by atoms with E-state index in [1.807, 2.05) is 31.2 Å². The highest BCUT2D eigenvalue weighted by Gasteiger charge is 2.10. The zero-order chi connectivity index (χ0) is 12.3. The van der Waals surface area contributed by atoms with Gasteiger partial charge in [0.1, 0.15) is 11.3 Å². The van der Waals surface area contributed by atoms with E-state index < -0.39 is 6.03 Å². The van der Waals surface area contributed by atoms with E-state index in [4.69, 9.17) is 4.42 Å². The van der Waals surface area contributed by atoms with Crippen molar-refractivity contribution in [1.82, 2.24) is 10.8 Å². The van der Waals surface area contributed by atoms with E-state index in [0.29, 0.717) is 6.54 Å². The van der Waals surface area contributed by atoms with E-state index in [1.54, 1.807) is 0 Å². The number of amides is 2. The normalized spacial score (nSPS) is 10.5. The number of nitrogens with one attached hydrogen (secondary N) is 2. The third-order valence-electron chi connectivity index (χ3n) is 2.55. The minimum Gasteiger partial charge on any atom is -0.459 e. The number of hydrogen-bond acceptors (Lipinski definition) is 3. The number of urea groups is 1. The maximum absolute atomic E-state index is 11.2. The van der Waals surface area contributed by atoms with Crippen LogP contribution < -0.4 is 10.8 Å². The fourth-order valence-electron chi connectivity index (χ4n) is 1.68. The van der Waals surface area contributed by atoms with E-state index >= 15 is 0 Å². The molecule has 2 amide bonds. The van der Waals surface area contributed by atoms with Crippen molar-refractivity contribution in [2.45, 2.75) is 13.5 Å².